The number of rotatable bonds is 4. The van der Waals surface area contributed by atoms with E-state index in [1.807, 2.05) is 19.1 Å². The number of benzene rings is 1. The topological polar surface area (TPSA) is 49.4 Å². The van der Waals surface area contributed by atoms with Crippen molar-refractivity contribution in [1.29, 1.82) is 0 Å². The van der Waals surface area contributed by atoms with E-state index in [2.05, 4.69) is 27.9 Å². The Kier molecular flexibility index (Phi) is 5.58. The van der Waals surface area contributed by atoms with Gasteiger partial charge < -0.3 is 10.2 Å². The molecule has 0 aliphatic rings. The Bertz CT molecular complexity index is 431. The van der Waals surface area contributed by atoms with Gasteiger partial charge in [-0.3, -0.25) is 9.59 Å². The molecule has 0 fully saturated rings. The maximum absolute atomic E-state index is 11.9. The van der Waals surface area contributed by atoms with Crippen molar-refractivity contribution in [3.8, 4) is 0 Å². The predicted molar refractivity (Wildman–Crippen MR) is 79.4 cm³/mol. The zero-order chi connectivity index (χ0) is 13.7. The lowest BCUT2D eigenvalue weighted by Crippen LogP contribution is -2.45. The molecule has 0 aliphatic carbocycles. The Morgan fingerprint density at radius 3 is 2.39 bits per heavy atom. The highest BCUT2D eigenvalue weighted by atomic mass is 127. The molecule has 0 bridgehead atoms. The van der Waals surface area contributed by atoms with Gasteiger partial charge in [0.2, 0.25) is 5.91 Å². The first-order valence-electron chi connectivity index (χ1n) is 5.77. The number of likely N-dealkylation sites (N-methyl/N-ethyl adjacent to an activating group) is 1. The molecule has 4 nitrogen and oxygen atoms in total. The van der Waals surface area contributed by atoms with Gasteiger partial charge in [-0.25, -0.2) is 0 Å². The number of carbonyl (C=O) groups excluding carboxylic acids is 2. The molecule has 0 spiro atoms. The normalized spacial score (nSPS) is 11.8. The number of nitrogens with zero attached hydrogens (tertiary/aromatic N) is 1. The standard InChI is InChI=1S/C13H17IN2O2/c1-4-16(3)13(18)9(2)15-12(17)10-5-7-11(14)8-6-10/h5-9H,4H2,1-3H3,(H,15,17). The minimum Gasteiger partial charge on any atom is -0.344 e. The van der Waals surface area contributed by atoms with Gasteiger partial charge in [-0.2, -0.15) is 0 Å². The maximum atomic E-state index is 11.9. The van der Waals surface area contributed by atoms with Crippen molar-refractivity contribution in [2.45, 2.75) is 19.9 Å². The second kappa shape index (κ2) is 6.72. The van der Waals surface area contributed by atoms with Gasteiger partial charge in [-0.05, 0) is 60.7 Å². The van der Waals surface area contributed by atoms with E-state index in [1.54, 1.807) is 31.0 Å². The highest BCUT2D eigenvalue weighted by Crippen LogP contribution is 2.07. The third-order valence-electron chi connectivity index (χ3n) is 2.68. The van der Waals surface area contributed by atoms with Crippen LogP contribution in [0.3, 0.4) is 0 Å². The van der Waals surface area contributed by atoms with Gasteiger partial charge in [-0.1, -0.05) is 0 Å². The molecule has 0 saturated carbocycles. The molecule has 0 heterocycles. The summed E-state index contributed by atoms with van der Waals surface area (Å²) in [5, 5.41) is 2.70. The number of amides is 2. The number of hydrogen-bond donors (Lipinski definition) is 1. The Morgan fingerprint density at radius 1 is 1.33 bits per heavy atom. The molecule has 2 amide bonds. The van der Waals surface area contributed by atoms with Gasteiger partial charge in [0.1, 0.15) is 6.04 Å². The van der Waals surface area contributed by atoms with Crippen LogP contribution >= 0.6 is 22.6 Å². The van der Waals surface area contributed by atoms with E-state index in [0.717, 1.165) is 3.57 Å². The second-order valence-electron chi connectivity index (χ2n) is 4.05. The second-order valence-corrected chi connectivity index (χ2v) is 5.30. The molecule has 0 radical (unpaired) electrons. The molecule has 1 N–H and O–H groups in total. The van der Waals surface area contributed by atoms with Crippen molar-refractivity contribution in [3.05, 3.63) is 33.4 Å². The third-order valence-corrected chi connectivity index (χ3v) is 3.39. The smallest absolute Gasteiger partial charge is 0.251 e. The first kappa shape index (κ1) is 14.9. The summed E-state index contributed by atoms with van der Waals surface area (Å²) in [4.78, 5) is 25.3. The molecule has 0 aromatic heterocycles. The van der Waals surface area contributed by atoms with E-state index < -0.39 is 6.04 Å². The van der Waals surface area contributed by atoms with E-state index in [-0.39, 0.29) is 11.8 Å². The Balaban J connectivity index is 2.65. The lowest BCUT2D eigenvalue weighted by atomic mass is 10.2. The molecule has 1 aromatic rings. The summed E-state index contributed by atoms with van der Waals surface area (Å²) < 4.78 is 1.07. The van der Waals surface area contributed by atoms with E-state index in [4.69, 9.17) is 0 Å². The van der Waals surface area contributed by atoms with Crippen LogP contribution in [0.1, 0.15) is 24.2 Å². The molecule has 1 rings (SSSR count). The van der Waals surface area contributed by atoms with Crippen LogP contribution in [0.5, 0.6) is 0 Å². The number of halogens is 1. The summed E-state index contributed by atoms with van der Waals surface area (Å²) in [5.74, 6) is -0.312. The summed E-state index contributed by atoms with van der Waals surface area (Å²) in [6.07, 6.45) is 0. The fourth-order valence-electron chi connectivity index (χ4n) is 1.43. The largest absolute Gasteiger partial charge is 0.344 e. The fourth-order valence-corrected chi connectivity index (χ4v) is 1.79. The zero-order valence-corrected chi connectivity index (χ0v) is 12.9. The predicted octanol–water partition coefficient (Wildman–Crippen LogP) is 1.89. The monoisotopic (exact) mass is 360 g/mol. The average molecular weight is 360 g/mol. The van der Waals surface area contributed by atoms with Crippen molar-refractivity contribution in [2.24, 2.45) is 0 Å². The summed E-state index contributed by atoms with van der Waals surface area (Å²) in [6, 6.07) is 6.71. The molecule has 1 aromatic carbocycles. The zero-order valence-electron chi connectivity index (χ0n) is 10.7. The highest BCUT2D eigenvalue weighted by molar-refractivity contribution is 14.1. The molecule has 18 heavy (non-hydrogen) atoms. The molecule has 0 aliphatic heterocycles. The van der Waals surface area contributed by atoms with Crippen LogP contribution in [0.4, 0.5) is 0 Å². The quantitative estimate of drug-likeness (QED) is 0.834. The summed E-state index contributed by atoms with van der Waals surface area (Å²) in [6.45, 7) is 4.22. The van der Waals surface area contributed by atoms with E-state index in [1.165, 1.54) is 0 Å². The van der Waals surface area contributed by atoms with Crippen LogP contribution in [-0.2, 0) is 4.79 Å². The van der Waals surface area contributed by atoms with Crippen LogP contribution in [-0.4, -0.2) is 36.3 Å². The molecule has 1 atom stereocenters. The summed E-state index contributed by atoms with van der Waals surface area (Å²) in [7, 11) is 1.72. The van der Waals surface area contributed by atoms with Crippen LogP contribution in [0.2, 0.25) is 0 Å². The van der Waals surface area contributed by atoms with Gasteiger partial charge >= 0.3 is 0 Å². The van der Waals surface area contributed by atoms with Crippen molar-refractivity contribution in [1.82, 2.24) is 10.2 Å². The molecule has 1 unspecified atom stereocenters. The lowest BCUT2D eigenvalue weighted by molar-refractivity contribution is -0.131. The highest BCUT2D eigenvalue weighted by Gasteiger charge is 2.18. The van der Waals surface area contributed by atoms with E-state index >= 15 is 0 Å². The first-order chi connectivity index (χ1) is 8.45. The number of hydrogen-bond acceptors (Lipinski definition) is 2. The number of carbonyl (C=O) groups is 2. The molecular weight excluding hydrogens is 343 g/mol. The molecular formula is C13H17IN2O2. The van der Waals surface area contributed by atoms with Crippen LogP contribution in [0.15, 0.2) is 24.3 Å². The Hall–Kier alpha value is -1.11. The minimum absolute atomic E-state index is 0.0867. The Morgan fingerprint density at radius 2 is 1.89 bits per heavy atom. The maximum Gasteiger partial charge on any atom is 0.251 e. The van der Waals surface area contributed by atoms with Crippen molar-refractivity contribution in [3.63, 3.8) is 0 Å². The summed E-state index contributed by atoms with van der Waals surface area (Å²) in [5.41, 5.74) is 0.564. The van der Waals surface area contributed by atoms with E-state index in [0.29, 0.717) is 12.1 Å². The van der Waals surface area contributed by atoms with Gasteiger partial charge in [0.15, 0.2) is 0 Å². The van der Waals surface area contributed by atoms with Gasteiger partial charge in [-0.15, -0.1) is 0 Å². The van der Waals surface area contributed by atoms with Crippen LogP contribution < -0.4 is 5.32 Å². The summed E-state index contributed by atoms with van der Waals surface area (Å²) >= 11 is 2.18. The molecule has 0 saturated heterocycles. The van der Waals surface area contributed by atoms with Gasteiger partial charge in [0.05, 0.1) is 0 Å². The van der Waals surface area contributed by atoms with Crippen LogP contribution in [0, 0.1) is 3.57 Å². The third kappa shape index (κ3) is 3.97. The average Bonchev–Trinajstić information content (AvgIpc) is 2.37. The van der Waals surface area contributed by atoms with Crippen molar-refractivity contribution < 1.29 is 9.59 Å². The minimum atomic E-state index is -0.512. The molecule has 98 valence electrons. The number of nitrogens with one attached hydrogen (secondary N) is 1. The van der Waals surface area contributed by atoms with Gasteiger partial charge in [0, 0.05) is 22.7 Å². The lowest BCUT2D eigenvalue weighted by Gasteiger charge is -2.20. The fraction of sp³-hybridized carbons (Fsp3) is 0.385. The van der Waals surface area contributed by atoms with E-state index in [9.17, 15) is 9.59 Å². The molecule has 5 heteroatoms. The Labute approximate surface area is 121 Å². The first-order valence-corrected chi connectivity index (χ1v) is 6.85. The van der Waals surface area contributed by atoms with Crippen molar-refractivity contribution >= 4 is 34.4 Å². The van der Waals surface area contributed by atoms with Crippen molar-refractivity contribution in [2.75, 3.05) is 13.6 Å². The van der Waals surface area contributed by atoms with Crippen LogP contribution in [0.25, 0.3) is 0 Å². The SMILES string of the molecule is CCN(C)C(=O)C(C)NC(=O)c1ccc(I)cc1. The van der Waals surface area contributed by atoms with Gasteiger partial charge in [0.25, 0.3) is 5.91 Å².